The molecule has 0 spiro atoms. The molecule has 0 radical (unpaired) electrons. The number of methoxy groups -OCH3 is 1. The molecular formula is C13H21NO2. The summed E-state index contributed by atoms with van der Waals surface area (Å²) in [5.41, 5.74) is 3.41. The zero-order valence-electron chi connectivity index (χ0n) is 10.8. The lowest BCUT2D eigenvalue weighted by atomic mass is 9.84. The van der Waals surface area contributed by atoms with Crippen molar-refractivity contribution in [1.29, 1.82) is 0 Å². The second-order valence-corrected chi connectivity index (χ2v) is 5.05. The third-order valence-electron chi connectivity index (χ3n) is 2.60. The molecule has 3 heteroatoms. The van der Waals surface area contributed by atoms with E-state index in [1.54, 1.807) is 7.11 Å². The van der Waals surface area contributed by atoms with Gasteiger partial charge < -0.3 is 4.74 Å². The van der Waals surface area contributed by atoms with E-state index in [9.17, 15) is 0 Å². The fourth-order valence-corrected chi connectivity index (χ4v) is 1.86. The van der Waals surface area contributed by atoms with Gasteiger partial charge in [-0.15, -0.1) is 0 Å². The maximum absolute atomic E-state index is 5.46. The summed E-state index contributed by atoms with van der Waals surface area (Å²) >= 11 is 0. The monoisotopic (exact) mass is 223 g/mol. The van der Waals surface area contributed by atoms with E-state index >= 15 is 0 Å². The Hall–Kier alpha value is -1.06. The van der Waals surface area contributed by atoms with E-state index < -0.39 is 0 Å². The van der Waals surface area contributed by atoms with Crippen molar-refractivity contribution in [2.45, 2.75) is 39.7 Å². The highest BCUT2D eigenvalue weighted by Gasteiger charge is 2.21. The molecule has 0 aliphatic rings. The lowest BCUT2D eigenvalue weighted by Gasteiger charge is -2.24. The van der Waals surface area contributed by atoms with Gasteiger partial charge in [-0.2, -0.15) is 0 Å². The second-order valence-electron chi connectivity index (χ2n) is 5.05. The van der Waals surface area contributed by atoms with Gasteiger partial charge in [0.1, 0.15) is 5.75 Å². The van der Waals surface area contributed by atoms with Gasteiger partial charge in [0.15, 0.2) is 0 Å². The number of benzene rings is 1. The Morgan fingerprint density at radius 1 is 1.25 bits per heavy atom. The zero-order chi connectivity index (χ0) is 12.3. The molecule has 90 valence electrons. The van der Waals surface area contributed by atoms with Gasteiger partial charge >= 0.3 is 0 Å². The van der Waals surface area contributed by atoms with Crippen LogP contribution in [0, 0.1) is 6.92 Å². The van der Waals surface area contributed by atoms with E-state index in [1.165, 1.54) is 5.56 Å². The molecule has 0 saturated heterocycles. The fourth-order valence-electron chi connectivity index (χ4n) is 1.86. The molecule has 0 fully saturated rings. The van der Waals surface area contributed by atoms with Crippen LogP contribution in [0.4, 0.5) is 0 Å². The van der Waals surface area contributed by atoms with Crippen LogP contribution in [0.3, 0.4) is 0 Å². The van der Waals surface area contributed by atoms with Crippen LogP contribution < -0.4 is 10.6 Å². The maximum atomic E-state index is 5.46. The highest BCUT2D eigenvalue weighted by atomic mass is 16.6. The summed E-state index contributed by atoms with van der Waals surface area (Å²) < 4.78 is 5.46. The van der Waals surface area contributed by atoms with Crippen LogP contribution >= 0.6 is 0 Å². The van der Waals surface area contributed by atoms with Gasteiger partial charge in [-0.1, -0.05) is 20.8 Å². The summed E-state index contributed by atoms with van der Waals surface area (Å²) in [6.07, 6.45) is 0. The van der Waals surface area contributed by atoms with Crippen molar-refractivity contribution < 1.29 is 9.57 Å². The van der Waals surface area contributed by atoms with Crippen molar-refractivity contribution >= 4 is 0 Å². The highest BCUT2D eigenvalue weighted by Crippen LogP contribution is 2.34. The van der Waals surface area contributed by atoms with Crippen molar-refractivity contribution in [1.82, 2.24) is 0 Å². The molecule has 16 heavy (non-hydrogen) atoms. The Balaban J connectivity index is 3.31. The fraction of sp³-hybridized carbons (Fsp3) is 0.538. The van der Waals surface area contributed by atoms with Crippen molar-refractivity contribution in [2.24, 2.45) is 5.90 Å². The van der Waals surface area contributed by atoms with Gasteiger partial charge in [0.2, 0.25) is 0 Å². The molecule has 0 aliphatic carbocycles. The molecule has 0 atom stereocenters. The van der Waals surface area contributed by atoms with Gasteiger partial charge in [-0.05, 0) is 35.6 Å². The van der Waals surface area contributed by atoms with Crippen LogP contribution in [-0.2, 0) is 16.9 Å². The Labute approximate surface area is 97.5 Å². The Bertz CT molecular complexity index is 367. The number of rotatable bonds is 3. The van der Waals surface area contributed by atoms with Gasteiger partial charge in [0.05, 0.1) is 13.7 Å². The minimum Gasteiger partial charge on any atom is -0.496 e. The number of hydrogen-bond donors (Lipinski definition) is 1. The van der Waals surface area contributed by atoms with Gasteiger partial charge in [-0.25, -0.2) is 5.90 Å². The van der Waals surface area contributed by atoms with E-state index in [1.807, 2.05) is 13.0 Å². The second kappa shape index (κ2) is 4.85. The number of ether oxygens (including phenoxy) is 1. The Kier molecular flexibility index (Phi) is 3.94. The molecule has 0 saturated carbocycles. The molecule has 0 unspecified atom stereocenters. The molecule has 0 bridgehead atoms. The summed E-state index contributed by atoms with van der Waals surface area (Å²) in [5, 5.41) is 0. The standard InChI is InChI=1S/C13H21NO2/c1-9-6-10(8-16-14)7-11(12(9)15-5)13(2,3)4/h6-7H,8,14H2,1-5H3. The quantitative estimate of drug-likeness (QED) is 0.801. The molecule has 1 rings (SSSR count). The average molecular weight is 223 g/mol. The Morgan fingerprint density at radius 3 is 2.31 bits per heavy atom. The molecule has 3 nitrogen and oxygen atoms in total. The van der Waals surface area contributed by atoms with Crippen molar-refractivity contribution in [2.75, 3.05) is 7.11 Å². The number of hydrogen-bond acceptors (Lipinski definition) is 3. The topological polar surface area (TPSA) is 44.5 Å². The summed E-state index contributed by atoms with van der Waals surface area (Å²) in [4.78, 5) is 4.68. The Morgan fingerprint density at radius 2 is 1.88 bits per heavy atom. The third-order valence-corrected chi connectivity index (χ3v) is 2.60. The van der Waals surface area contributed by atoms with E-state index in [0.717, 1.165) is 16.9 Å². The minimum absolute atomic E-state index is 0.0424. The van der Waals surface area contributed by atoms with Crippen molar-refractivity contribution in [3.63, 3.8) is 0 Å². The molecule has 2 N–H and O–H groups in total. The van der Waals surface area contributed by atoms with E-state index in [-0.39, 0.29) is 5.41 Å². The lowest BCUT2D eigenvalue weighted by Crippen LogP contribution is -2.14. The van der Waals surface area contributed by atoms with Gasteiger partial charge in [0.25, 0.3) is 0 Å². The first-order valence-corrected chi connectivity index (χ1v) is 5.40. The first-order chi connectivity index (χ1) is 7.40. The van der Waals surface area contributed by atoms with Gasteiger partial charge in [0, 0.05) is 5.56 Å². The van der Waals surface area contributed by atoms with Crippen molar-refractivity contribution in [3.8, 4) is 5.75 Å². The van der Waals surface area contributed by atoms with Crippen molar-refractivity contribution in [3.05, 3.63) is 28.8 Å². The average Bonchev–Trinajstić information content (AvgIpc) is 2.16. The van der Waals surface area contributed by atoms with Crippen LogP contribution in [0.15, 0.2) is 12.1 Å². The molecule has 0 amide bonds. The molecule has 0 heterocycles. The SMILES string of the molecule is COc1c(C)cc(CON)cc1C(C)(C)C. The largest absolute Gasteiger partial charge is 0.496 e. The summed E-state index contributed by atoms with van der Waals surface area (Å²) in [5.74, 6) is 6.06. The smallest absolute Gasteiger partial charge is 0.125 e. The molecule has 1 aromatic rings. The first kappa shape index (κ1) is 13.0. The minimum atomic E-state index is 0.0424. The molecular weight excluding hydrogens is 202 g/mol. The predicted octanol–water partition coefficient (Wildman–Crippen LogP) is 2.69. The molecule has 0 aromatic heterocycles. The van der Waals surface area contributed by atoms with Crippen LogP contribution in [0.1, 0.15) is 37.5 Å². The number of aryl methyl sites for hydroxylation is 1. The van der Waals surface area contributed by atoms with E-state index in [0.29, 0.717) is 6.61 Å². The summed E-state index contributed by atoms with van der Waals surface area (Å²) in [7, 11) is 1.71. The van der Waals surface area contributed by atoms with Crippen LogP contribution in [-0.4, -0.2) is 7.11 Å². The number of nitrogens with two attached hydrogens (primary N) is 1. The predicted molar refractivity (Wildman–Crippen MR) is 65.4 cm³/mol. The zero-order valence-corrected chi connectivity index (χ0v) is 10.8. The van der Waals surface area contributed by atoms with E-state index in [2.05, 4.69) is 31.7 Å². The first-order valence-electron chi connectivity index (χ1n) is 5.40. The molecule has 0 aliphatic heterocycles. The maximum Gasteiger partial charge on any atom is 0.125 e. The summed E-state index contributed by atoms with van der Waals surface area (Å²) in [6.45, 7) is 8.95. The lowest BCUT2D eigenvalue weighted by molar-refractivity contribution is 0.124. The van der Waals surface area contributed by atoms with E-state index in [4.69, 9.17) is 10.6 Å². The molecule has 1 aromatic carbocycles. The van der Waals surface area contributed by atoms with Crippen LogP contribution in [0.2, 0.25) is 0 Å². The van der Waals surface area contributed by atoms with Gasteiger partial charge in [-0.3, -0.25) is 4.84 Å². The highest BCUT2D eigenvalue weighted by molar-refractivity contribution is 5.47. The third kappa shape index (κ3) is 2.74. The van der Waals surface area contributed by atoms with Crippen LogP contribution in [0.25, 0.3) is 0 Å². The summed E-state index contributed by atoms with van der Waals surface area (Å²) in [6, 6.07) is 4.14. The van der Waals surface area contributed by atoms with Crippen LogP contribution in [0.5, 0.6) is 5.75 Å². The normalized spacial score (nSPS) is 11.6.